The van der Waals surface area contributed by atoms with Crippen molar-refractivity contribution in [3.05, 3.63) is 83.1 Å². The van der Waals surface area contributed by atoms with Gasteiger partial charge in [0.05, 0.1) is 17.8 Å². The van der Waals surface area contributed by atoms with E-state index in [-0.39, 0.29) is 0 Å². The first-order chi connectivity index (χ1) is 12.2. The summed E-state index contributed by atoms with van der Waals surface area (Å²) in [6.07, 6.45) is 1.67. The van der Waals surface area contributed by atoms with Crippen molar-refractivity contribution >= 4 is 22.8 Å². The van der Waals surface area contributed by atoms with Gasteiger partial charge in [0.1, 0.15) is 6.33 Å². The lowest BCUT2D eigenvalue weighted by atomic mass is 10.0. The van der Waals surface area contributed by atoms with Crippen LogP contribution in [0.1, 0.15) is 5.56 Å². The molecule has 0 aliphatic heterocycles. The molecule has 0 fully saturated rings. The molecule has 0 spiro atoms. The quantitative estimate of drug-likeness (QED) is 0.445. The average Bonchev–Trinajstić information content (AvgIpc) is 3.03. The SMILES string of the molecule is [C-]#[N+]c1ccc(-c2cc3c(Cl)nncn3c2-c2ccc(C)cc2)cc1. The molecule has 0 N–H and O–H groups in total. The molecule has 4 aromatic rings. The van der Waals surface area contributed by atoms with E-state index >= 15 is 0 Å². The molecule has 4 rings (SSSR count). The average molecular weight is 345 g/mol. The first kappa shape index (κ1) is 15.4. The van der Waals surface area contributed by atoms with Gasteiger partial charge in [0, 0.05) is 5.56 Å². The van der Waals surface area contributed by atoms with Crippen molar-refractivity contribution in [3.8, 4) is 22.4 Å². The Morgan fingerprint density at radius 2 is 1.68 bits per heavy atom. The molecule has 25 heavy (non-hydrogen) atoms. The number of aromatic nitrogens is 3. The Morgan fingerprint density at radius 3 is 2.36 bits per heavy atom. The lowest BCUT2D eigenvalue weighted by molar-refractivity contribution is 0.954. The maximum atomic E-state index is 7.12. The van der Waals surface area contributed by atoms with Crippen molar-refractivity contribution in [3.63, 3.8) is 0 Å². The number of hydrogen-bond acceptors (Lipinski definition) is 2. The van der Waals surface area contributed by atoms with Crippen LogP contribution in [0.25, 0.3) is 32.7 Å². The highest BCUT2D eigenvalue weighted by Crippen LogP contribution is 2.37. The molecule has 0 aliphatic rings. The molecule has 0 bridgehead atoms. The van der Waals surface area contributed by atoms with E-state index in [1.54, 1.807) is 6.33 Å². The maximum Gasteiger partial charge on any atom is 0.187 e. The molecular weight excluding hydrogens is 332 g/mol. The number of nitrogens with zero attached hydrogens (tertiary/aromatic N) is 4. The Morgan fingerprint density at radius 1 is 1.00 bits per heavy atom. The van der Waals surface area contributed by atoms with Crippen molar-refractivity contribution in [1.29, 1.82) is 0 Å². The van der Waals surface area contributed by atoms with Gasteiger partial charge < -0.3 is 0 Å². The van der Waals surface area contributed by atoms with Crippen LogP contribution in [-0.2, 0) is 0 Å². The fourth-order valence-electron chi connectivity index (χ4n) is 2.92. The molecule has 0 amide bonds. The van der Waals surface area contributed by atoms with E-state index < -0.39 is 0 Å². The molecule has 2 heterocycles. The molecule has 0 aliphatic carbocycles. The Hall–Kier alpha value is -3.16. The Bertz CT molecular complexity index is 1100. The summed E-state index contributed by atoms with van der Waals surface area (Å²) in [6.45, 7) is 9.18. The van der Waals surface area contributed by atoms with Gasteiger partial charge >= 0.3 is 0 Å². The van der Waals surface area contributed by atoms with E-state index in [4.69, 9.17) is 18.2 Å². The number of fused-ring (bicyclic) bond motifs is 1. The molecule has 0 atom stereocenters. The standard InChI is InChI=1S/C20H13ClN4/c1-13-3-5-15(6-4-13)19-17(14-7-9-16(22-2)10-8-14)11-18-20(21)24-23-12-25(18)19/h3-12H,1H3. The lowest BCUT2D eigenvalue weighted by Crippen LogP contribution is -1.94. The fraction of sp³-hybridized carbons (Fsp3) is 0.0500. The first-order valence-electron chi connectivity index (χ1n) is 7.74. The smallest absolute Gasteiger partial charge is 0.187 e. The second-order valence-corrected chi connectivity index (χ2v) is 6.17. The van der Waals surface area contributed by atoms with Crippen LogP contribution in [-0.4, -0.2) is 14.6 Å². The molecule has 0 radical (unpaired) electrons. The fourth-order valence-corrected chi connectivity index (χ4v) is 3.11. The topological polar surface area (TPSA) is 34.5 Å². The van der Waals surface area contributed by atoms with Crippen LogP contribution < -0.4 is 0 Å². The number of hydrogen-bond donors (Lipinski definition) is 0. The van der Waals surface area contributed by atoms with Crippen molar-refractivity contribution in [2.75, 3.05) is 0 Å². The molecule has 5 heteroatoms. The van der Waals surface area contributed by atoms with Crippen LogP contribution in [0, 0.1) is 13.5 Å². The largest absolute Gasteiger partial charge is 0.295 e. The summed E-state index contributed by atoms with van der Waals surface area (Å²) in [5.74, 6) is 0. The Balaban J connectivity index is 2.02. The van der Waals surface area contributed by atoms with E-state index in [0.717, 1.165) is 27.9 Å². The molecule has 0 unspecified atom stereocenters. The van der Waals surface area contributed by atoms with Crippen LogP contribution in [0.2, 0.25) is 5.15 Å². The monoisotopic (exact) mass is 344 g/mol. The highest BCUT2D eigenvalue weighted by Gasteiger charge is 2.16. The zero-order valence-electron chi connectivity index (χ0n) is 13.4. The number of aryl methyl sites for hydroxylation is 1. The van der Waals surface area contributed by atoms with E-state index in [2.05, 4.69) is 46.2 Å². The summed E-state index contributed by atoms with van der Waals surface area (Å²) in [7, 11) is 0. The summed E-state index contributed by atoms with van der Waals surface area (Å²) in [5, 5.41) is 8.30. The van der Waals surface area contributed by atoms with Gasteiger partial charge in [-0.05, 0) is 24.1 Å². The minimum Gasteiger partial charge on any atom is -0.295 e. The molecule has 4 nitrogen and oxygen atoms in total. The summed E-state index contributed by atoms with van der Waals surface area (Å²) in [4.78, 5) is 3.46. The van der Waals surface area contributed by atoms with Crippen LogP contribution >= 0.6 is 11.6 Å². The highest BCUT2D eigenvalue weighted by atomic mass is 35.5. The molecule has 0 saturated heterocycles. The molecule has 2 aromatic heterocycles. The zero-order valence-corrected chi connectivity index (χ0v) is 14.2. The van der Waals surface area contributed by atoms with Gasteiger partial charge in [-0.25, -0.2) is 4.85 Å². The molecule has 0 saturated carbocycles. The van der Waals surface area contributed by atoms with Crippen LogP contribution in [0.5, 0.6) is 0 Å². The molecule has 2 aromatic carbocycles. The second kappa shape index (κ2) is 6.04. The summed E-state index contributed by atoms with van der Waals surface area (Å²) in [5.41, 5.74) is 6.73. The molecular formula is C20H13ClN4. The van der Waals surface area contributed by atoms with Gasteiger partial charge in [0.15, 0.2) is 10.8 Å². The van der Waals surface area contributed by atoms with E-state index in [1.165, 1.54) is 5.56 Å². The van der Waals surface area contributed by atoms with Crippen LogP contribution in [0.4, 0.5) is 5.69 Å². The van der Waals surface area contributed by atoms with Gasteiger partial charge in [-0.3, -0.25) is 4.40 Å². The highest BCUT2D eigenvalue weighted by molar-refractivity contribution is 6.32. The number of halogens is 1. The Labute approximate surface area is 150 Å². The minimum atomic E-state index is 0.361. The van der Waals surface area contributed by atoms with Gasteiger partial charge in [-0.1, -0.05) is 65.7 Å². The van der Waals surface area contributed by atoms with Gasteiger partial charge in [-0.2, -0.15) is 0 Å². The molecule has 120 valence electrons. The Kier molecular flexibility index (Phi) is 3.72. The van der Waals surface area contributed by atoms with Crippen molar-refractivity contribution in [1.82, 2.24) is 14.6 Å². The normalized spacial score (nSPS) is 10.8. The van der Waals surface area contributed by atoms with E-state index in [9.17, 15) is 0 Å². The van der Waals surface area contributed by atoms with Gasteiger partial charge in [0.2, 0.25) is 0 Å². The van der Waals surface area contributed by atoms with E-state index in [1.807, 2.05) is 34.7 Å². The van der Waals surface area contributed by atoms with Gasteiger partial charge in [0.25, 0.3) is 0 Å². The first-order valence-corrected chi connectivity index (χ1v) is 8.12. The van der Waals surface area contributed by atoms with Crippen molar-refractivity contribution in [2.45, 2.75) is 6.92 Å². The maximum absolute atomic E-state index is 7.12. The third-order valence-electron chi connectivity index (χ3n) is 4.19. The van der Waals surface area contributed by atoms with Crippen molar-refractivity contribution in [2.24, 2.45) is 0 Å². The zero-order chi connectivity index (χ0) is 17.4. The predicted octanol–water partition coefficient (Wildman–Crippen LogP) is 5.58. The van der Waals surface area contributed by atoms with E-state index in [0.29, 0.717) is 10.8 Å². The summed E-state index contributed by atoms with van der Waals surface area (Å²) in [6, 6.07) is 17.9. The summed E-state index contributed by atoms with van der Waals surface area (Å²) >= 11 is 6.26. The predicted molar refractivity (Wildman–Crippen MR) is 99.9 cm³/mol. The van der Waals surface area contributed by atoms with Crippen LogP contribution in [0.15, 0.2) is 60.9 Å². The second-order valence-electron chi connectivity index (χ2n) is 5.81. The minimum absolute atomic E-state index is 0.361. The number of rotatable bonds is 2. The third-order valence-corrected chi connectivity index (χ3v) is 4.46. The number of benzene rings is 2. The summed E-state index contributed by atoms with van der Waals surface area (Å²) < 4.78 is 1.96. The van der Waals surface area contributed by atoms with Crippen LogP contribution in [0.3, 0.4) is 0 Å². The van der Waals surface area contributed by atoms with Crippen molar-refractivity contribution < 1.29 is 0 Å². The lowest BCUT2D eigenvalue weighted by Gasteiger charge is -2.08. The van der Waals surface area contributed by atoms with Gasteiger partial charge in [-0.15, -0.1) is 10.2 Å². The third kappa shape index (κ3) is 2.65.